The van der Waals surface area contributed by atoms with E-state index < -0.39 is 0 Å². The lowest BCUT2D eigenvalue weighted by Gasteiger charge is -2.41. The average Bonchev–Trinajstić information content (AvgIpc) is 2.31. The van der Waals surface area contributed by atoms with E-state index in [0.717, 1.165) is 19.3 Å². The van der Waals surface area contributed by atoms with Crippen LogP contribution in [0, 0.1) is 5.41 Å². The van der Waals surface area contributed by atoms with Crippen LogP contribution in [0.15, 0.2) is 18.2 Å². The Balaban J connectivity index is 2.01. The van der Waals surface area contributed by atoms with Crippen LogP contribution in [0.3, 0.4) is 0 Å². The Kier molecular flexibility index (Phi) is 3.45. The second-order valence-corrected chi connectivity index (χ2v) is 5.09. The van der Waals surface area contributed by atoms with E-state index in [1.807, 2.05) is 0 Å². The molecule has 18 heavy (non-hydrogen) atoms. The van der Waals surface area contributed by atoms with E-state index in [-0.39, 0.29) is 28.4 Å². The van der Waals surface area contributed by atoms with Gasteiger partial charge in [0.25, 0.3) is 5.91 Å². The fourth-order valence-electron chi connectivity index (χ4n) is 2.40. The van der Waals surface area contributed by atoms with E-state index in [4.69, 9.17) is 0 Å². The molecule has 2 rings (SSSR count). The van der Waals surface area contributed by atoms with Gasteiger partial charge in [-0.15, -0.1) is 0 Å². The number of carbonyl (C=O) groups is 1. The molecule has 1 aliphatic rings. The first-order chi connectivity index (χ1) is 8.56. The van der Waals surface area contributed by atoms with Gasteiger partial charge in [0.05, 0.1) is 5.56 Å². The van der Waals surface area contributed by atoms with Crippen molar-refractivity contribution in [3.63, 3.8) is 0 Å². The Labute approximate surface area is 107 Å². The number of hydrogen-bond donors (Lipinski definition) is 3. The first-order valence-corrected chi connectivity index (χ1v) is 6.36. The van der Waals surface area contributed by atoms with Crippen molar-refractivity contribution in [3.8, 4) is 11.5 Å². The molecule has 4 heteroatoms. The van der Waals surface area contributed by atoms with Crippen molar-refractivity contribution in [2.24, 2.45) is 5.41 Å². The van der Waals surface area contributed by atoms with Gasteiger partial charge in [-0.25, -0.2) is 0 Å². The number of rotatable bonds is 4. The first kappa shape index (κ1) is 12.7. The maximum absolute atomic E-state index is 11.9. The molecule has 0 radical (unpaired) electrons. The minimum Gasteiger partial charge on any atom is -0.508 e. The van der Waals surface area contributed by atoms with Gasteiger partial charge in [-0.1, -0.05) is 13.3 Å². The maximum Gasteiger partial charge on any atom is 0.255 e. The molecule has 0 aromatic heterocycles. The highest BCUT2D eigenvalue weighted by atomic mass is 16.3. The number of phenols is 2. The standard InChI is InChI=1S/C14H19NO3/c1-2-14(6-3-7-14)9-15-13(18)11-8-10(16)4-5-12(11)17/h4-5,8,16-17H,2-3,6-7,9H2,1H3,(H,15,18). The van der Waals surface area contributed by atoms with Gasteiger partial charge in [0.15, 0.2) is 0 Å². The van der Waals surface area contributed by atoms with Crippen molar-refractivity contribution in [2.75, 3.05) is 6.54 Å². The fraction of sp³-hybridized carbons (Fsp3) is 0.500. The van der Waals surface area contributed by atoms with Crippen LogP contribution in [-0.4, -0.2) is 22.7 Å². The quantitative estimate of drug-likeness (QED) is 0.718. The van der Waals surface area contributed by atoms with Crippen molar-refractivity contribution >= 4 is 5.91 Å². The van der Waals surface area contributed by atoms with Gasteiger partial charge >= 0.3 is 0 Å². The molecule has 1 aromatic carbocycles. The molecule has 0 unspecified atom stereocenters. The van der Waals surface area contributed by atoms with Crippen LogP contribution < -0.4 is 5.32 Å². The largest absolute Gasteiger partial charge is 0.508 e. The summed E-state index contributed by atoms with van der Waals surface area (Å²) >= 11 is 0. The van der Waals surface area contributed by atoms with Crippen LogP contribution in [0.2, 0.25) is 0 Å². The molecule has 0 bridgehead atoms. The zero-order chi connectivity index (χ0) is 13.2. The molecular formula is C14H19NO3. The fourth-order valence-corrected chi connectivity index (χ4v) is 2.40. The van der Waals surface area contributed by atoms with Crippen LogP contribution >= 0.6 is 0 Å². The third kappa shape index (κ3) is 2.42. The van der Waals surface area contributed by atoms with Crippen molar-refractivity contribution in [1.29, 1.82) is 0 Å². The molecule has 1 fully saturated rings. The number of aromatic hydroxyl groups is 2. The topological polar surface area (TPSA) is 69.6 Å². The Morgan fingerprint density at radius 1 is 1.39 bits per heavy atom. The number of hydrogen-bond acceptors (Lipinski definition) is 3. The molecular weight excluding hydrogens is 230 g/mol. The number of nitrogens with one attached hydrogen (secondary N) is 1. The summed E-state index contributed by atoms with van der Waals surface area (Å²) in [6.07, 6.45) is 4.58. The van der Waals surface area contributed by atoms with Gasteiger partial charge in [-0.3, -0.25) is 4.79 Å². The monoisotopic (exact) mass is 249 g/mol. The van der Waals surface area contributed by atoms with E-state index >= 15 is 0 Å². The maximum atomic E-state index is 11.9. The molecule has 1 amide bonds. The summed E-state index contributed by atoms with van der Waals surface area (Å²) in [5.74, 6) is -0.459. The molecule has 1 aromatic rings. The lowest BCUT2D eigenvalue weighted by atomic mass is 9.67. The summed E-state index contributed by atoms with van der Waals surface area (Å²) in [5, 5.41) is 21.8. The predicted octanol–water partition coefficient (Wildman–Crippen LogP) is 2.41. The summed E-state index contributed by atoms with van der Waals surface area (Å²) in [6.45, 7) is 2.77. The van der Waals surface area contributed by atoms with Gasteiger partial charge in [0, 0.05) is 6.54 Å². The van der Waals surface area contributed by atoms with Gasteiger partial charge in [-0.2, -0.15) is 0 Å². The van der Waals surface area contributed by atoms with Crippen molar-refractivity contribution in [2.45, 2.75) is 32.6 Å². The van der Waals surface area contributed by atoms with Crippen LogP contribution in [0.4, 0.5) is 0 Å². The number of phenolic OH excluding ortho intramolecular Hbond substituents is 2. The molecule has 0 saturated heterocycles. The van der Waals surface area contributed by atoms with E-state index in [1.54, 1.807) is 0 Å². The molecule has 98 valence electrons. The SMILES string of the molecule is CCC1(CNC(=O)c2cc(O)ccc2O)CCC1. The third-order valence-electron chi connectivity index (χ3n) is 4.01. The zero-order valence-electron chi connectivity index (χ0n) is 10.6. The zero-order valence-corrected chi connectivity index (χ0v) is 10.6. The second kappa shape index (κ2) is 4.88. The van der Waals surface area contributed by atoms with Crippen LogP contribution in [0.1, 0.15) is 43.0 Å². The van der Waals surface area contributed by atoms with Crippen LogP contribution in [0.5, 0.6) is 11.5 Å². The van der Waals surface area contributed by atoms with Crippen molar-refractivity contribution < 1.29 is 15.0 Å². The summed E-state index contributed by atoms with van der Waals surface area (Å²) in [5.41, 5.74) is 0.364. The Morgan fingerprint density at radius 2 is 2.11 bits per heavy atom. The second-order valence-electron chi connectivity index (χ2n) is 5.09. The van der Waals surface area contributed by atoms with Crippen LogP contribution in [-0.2, 0) is 0 Å². The van der Waals surface area contributed by atoms with Crippen LogP contribution in [0.25, 0.3) is 0 Å². The van der Waals surface area contributed by atoms with Gasteiger partial charge in [-0.05, 0) is 42.9 Å². The highest BCUT2D eigenvalue weighted by molar-refractivity contribution is 5.97. The third-order valence-corrected chi connectivity index (χ3v) is 4.01. The minimum absolute atomic E-state index is 0.0215. The van der Waals surface area contributed by atoms with Gasteiger partial charge in [0.2, 0.25) is 0 Å². The predicted molar refractivity (Wildman–Crippen MR) is 68.7 cm³/mol. The summed E-state index contributed by atoms with van der Waals surface area (Å²) in [6, 6.07) is 3.96. The summed E-state index contributed by atoms with van der Waals surface area (Å²) < 4.78 is 0. The smallest absolute Gasteiger partial charge is 0.255 e. The molecule has 0 spiro atoms. The highest BCUT2D eigenvalue weighted by Gasteiger charge is 2.35. The van der Waals surface area contributed by atoms with Gasteiger partial charge in [0.1, 0.15) is 11.5 Å². The lowest BCUT2D eigenvalue weighted by Crippen LogP contribution is -2.41. The highest BCUT2D eigenvalue weighted by Crippen LogP contribution is 2.43. The first-order valence-electron chi connectivity index (χ1n) is 6.36. The lowest BCUT2D eigenvalue weighted by molar-refractivity contribution is 0.0847. The molecule has 0 atom stereocenters. The molecule has 4 nitrogen and oxygen atoms in total. The summed E-state index contributed by atoms with van der Waals surface area (Å²) in [7, 11) is 0. The molecule has 0 heterocycles. The van der Waals surface area contributed by atoms with Crippen molar-refractivity contribution in [3.05, 3.63) is 23.8 Å². The molecule has 1 aliphatic carbocycles. The average molecular weight is 249 g/mol. The van der Waals surface area contributed by atoms with E-state index in [0.29, 0.717) is 6.54 Å². The Hall–Kier alpha value is -1.71. The number of amides is 1. The van der Waals surface area contributed by atoms with E-state index in [2.05, 4.69) is 12.2 Å². The van der Waals surface area contributed by atoms with Crippen molar-refractivity contribution in [1.82, 2.24) is 5.32 Å². The molecule has 0 aliphatic heterocycles. The Morgan fingerprint density at radius 3 is 2.67 bits per heavy atom. The number of benzene rings is 1. The Bertz CT molecular complexity index is 447. The molecule has 3 N–H and O–H groups in total. The van der Waals surface area contributed by atoms with E-state index in [1.165, 1.54) is 24.6 Å². The minimum atomic E-state index is -0.330. The molecule has 1 saturated carbocycles. The summed E-state index contributed by atoms with van der Waals surface area (Å²) in [4.78, 5) is 11.9. The van der Waals surface area contributed by atoms with E-state index in [9.17, 15) is 15.0 Å². The van der Waals surface area contributed by atoms with Gasteiger partial charge < -0.3 is 15.5 Å². The number of carbonyl (C=O) groups excluding carboxylic acids is 1. The normalized spacial score (nSPS) is 16.9.